The van der Waals surface area contributed by atoms with Crippen molar-refractivity contribution >= 4 is 46.5 Å². The number of carboxylic acid groups (broad SMARTS) is 1. The number of anilines is 1. The van der Waals surface area contributed by atoms with Crippen LogP contribution in [-0.2, 0) is 20.7 Å². The van der Waals surface area contributed by atoms with Crippen LogP contribution >= 0.6 is 0 Å². The van der Waals surface area contributed by atoms with Crippen molar-refractivity contribution in [1.29, 1.82) is 0 Å². The molecule has 14 heteroatoms. The predicted molar refractivity (Wildman–Crippen MR) is 217 cm³/mol. The van der Waals surface area contributed by atoms with Gasteiger partial charge in [-0.05, 0) is 125 Å². The number of nitrogens with zero attached hydrogens (tertiary/aromatic N) is 2. The Morgan fingerprint density at radius 1 is 0.930 bits per heavy atom. The van der Waals surface area contributed by atoms with Gasteiger partial charge in [0, 0.05) is 54.7 Å². The molecule has 2 heterocycles. The lowest BCUT2D eigenvalue weighted by molar-refractivity contribution is -0.130. The van der Waals surface area contributed by atoms with Gasteiger partial charge in [0.05, 0.1) is 11.7 Å². The largest absolute Gasteiger partial charge is 0.465 e. The lowest BCUT2D eigenvalue weighted by atomic mass is 9.81. The second kappa shape index (κ2) is 17.9. The number of ether oxygens (including phenoxy) is 1. The number of aryl methyl sites for hydroxylation is 1. The van der Waals surface area contributed by atoms with Gasteiger partial charge in [0.25, 0.3) is 5.91 Å². The minimum Gasteiger partial charge on any atom is -0.465 e. The molecule has 2 fully saturated rings. The highest BCUT2D eigenvalue weighted by atomic mass is 16.6. The van der Waals surface area contributed by atoms with E-state index in [-0.39, 0.29) is 42.0 Å². The van der Waals surface area contributed by atoms with Crippen molar-refractivity contribution in [3.8, 4) is 11.1 Å². The number of amides is 5. The van der Waals surface area contributed by atoms with Crippen molar-refractivity contribution in [3.63, 3.8) is 0 Å². The van der Waals surface area contributed by atoms with Crippen molar-refractivity contribution in [3.05, 3.63) is 83.6 Å². The Morgan fingerprint density at radius 3 is 2.32 bits per heavy atom. The highest BCUT2D eigenvalue weighted by Gasteiger charge is 2.31. The van der Waals surface area contributed by atoms with Crippen LogP contribution in [0.2, 0.25) is 0 Å². The maximum absolute atomic E-state index is 13.8. The number of carbonyl (C=O) groups excluding carboxylic acids is 4. The third-order valence-corrected chi connectivity index (χ3v) is 10.8. The van der Waals surface area contributed by atoms with Gasteiger partial charge in [0.2, 0.25) is 11.8 Å². The number of carbonyl (C=O) groups is 5. The van der Waals surface area contributed by atoms with Gasteiger partial charge < -0.3 is 36.0 Å². The topological polar surface area (TPSA) is 195 Å². The molecule has 14 nitrogen and oxygen atoms in total. The molecule has 3 aromatic carbocycles. The first-order valence-electron chi connectivity index (χ1n) is 19.7. The monoisotopic (exact) mass is 779 g/mol. The van der Waals surface area contributed by atoms with Gasteiger partial charge >= 0.3 is 12.2 Å². The number of piperidine rings is 1. The van der Waals surface area contributed by atoms with E-state index in [1.807, 2.05) is 76.2 Å². The molecule has 1 aliphatic carbocycles. The summed E-state index contributed by atoms with van der Waals surface area (Å²) >= 11 is 0. The van der Waals surface area contributed by atoms with Crippen LogP contribution in [0.25, 0.3) is 22.0 Å². The lowest BCUT2D eigenvalue weighted by Crippen LogP contribution is -2.48. The van der Waals surface area contributed by atoms with Gasteiger partial charge in [-0.2, -0.15) is 5.10 Å². The van der Waals surface area contributed by atoms with Gasteiger partial charge in [0.15, 0.2) is 0 Å². The third-order valence-electron chi connectivity index (χ3n) is 10.8. The van der Waals surface area contributed by atoms with Gasteiger partial charge in [0.1, 0.15) is 11.6 Å². The summed E-state index contributed by atoms with van der Waals surface area (Å²) in [7, 11) is 0. The molecule has 1 aliphatic heterocycles. The zero-order valence-electron chi connectivity index (χ0n) is 33.0. The third kappa shape index (κ3) is 11.1. The summed E-state index contributed by atoms with van der Waals surface area (Å²) < 4.78 is 5.35. The van der Waals surface area contributed by atoms with E-state index in [1.54, 1.807) is 18.3 Å². The molecule has 4 aromatic rings. The molecule has 0 spiro atoms. The van der Waals surface area contributed by atoms with E-state index in [1.165, 1.54) is 4.90 Å². The number of hydrogen-bond donors (Lipinski definition) is 6. The molecule has 0 radical (unpaired) electrons. The second-order valence-electron chi connectivity index (χ2n) is 16.3. The van der Waals surface area contributed by atoms with E-state index in [0.29, 0.717) is 56.6 Å². The summed E-state index contributed by atoms with van der Waals surface area (Å²) in [5.74, 6) is -0.699. The molecule has 1 aromatic heterocycles. The van der Waals surface area contributed by atoms with E-state index in [9.17, 15) is 29.1 Å². The number of rotatable bonds is 11. The van der Waals surface area contributed by atoms with Crippen molar-refractivity contribution in [2.45, 2.75) is 90.3 Å². The Hall–Kier alpha value is -5.92. The van der Waals surface area contributed by atoms with Crippen LogP contribution in [-0.4, -0.2) is 87.4 Å². The molecule has 1 saturated carbocycles. The predicted octanol–water partition coefficient (Wildman–Crippen LogP) is 6.41. The minimum atomic E-state index is -0.937. The van der Waals surface area contributed by atoms with Crippen molar-refractivity contribution in [2.75, 3.05) is 25.0 Å². The average molecular weight is 780 g/mol. The molecule has 6 N–H and O–H groups in total. The number of benzene rings is 3. The van der Waals surface area contributed by atoms with Crippen molar-refractivity contribution in [2.24, 2.45) is 11.8 Å². The molecule has 5 amide bonds. The molecule has 302 valence electrons. The maximum Gasteiger partial charge on any atom is 0.407 e. The SMILES string of the molecule is Cc1cc(C(=O)NC2CCN(C(=O)O)CC2)ccc1-c1ccc(C[C@H](NC(=O)C2CCC(CNC(=O)OC(C)(C)C)CC2)C(=O)Nc2ccc3cn[nH]c3c2)cc1. The minimum absolute atomic E-state index is 0.0776. The molecule has 1 saturated heterocycles. The van der Waals surface area contributed by atoms with Gasteiger partial charge in [-0.1, -0.05) is 30.3 Å². The van der Waals surface area contributed by atoms with Crippen LogP contribution in [0.5, 0.6) is 0 Å². The highest BCUT2D eigenvalue weighted by Crippen LogP contribution is 2.30. The molecule has 0 unspecified atom stereocenters. The fraction of sp³-hybridized carbons (Fsp3) is 0.442. The number of likely N-dealkylation sites (tertiary alicyclic amines) is 1. The molecular weight excluding hydrogens is 727 g/mol. The summed E-state index contributed by atoms with van der Waals surface area (Å²) in [4.78, 5) is 65.3. The number of nitrogens with one attached hydrogen (secondary N) is 5. The Morgan fingerprint density at radius 2 is 1.65 bits per heavy atom. The number of hydrogen-bond acceptors (Lipinski definition) is 7. The Bertz CT molecular complexity index is 2080. The summed E-state index contributed by atoms with van der Waals surface area (Å²) in [6, 6.07) is 18.0. The van der Waals surface area contributed by atoms with E-state index in [4.69, 9.17) is 4.74 Å². The number of aromatic amines is 1. The fourth-order valence-corrected chi connectivity index (χ4v) is 7.58. The number of H-pyrrole nitrogens is 1. The van der Waals surface area contributed by atoms with Crippen LogP contribution in [0.4, 0.5) is 15.3 Å². The molecule has 6 rings (SSSR count). The summed E-state index contributed by atoms with van der Waals surface area (Å²) in [5.41, 5.74) is 5.02. The molecule has 0 bridgehead atoms. The molecule has 1 atom stereocenters. The van der Waals surface area contributed by atoms with Crippen LogP contribution in [0.3, 0.4) is 0 Å². The zero-order valence-corrected chi connectivity index (χ0v) is 33.0. The Labute approximate surface area is 332 Å². The van der Waals surface area contributed by atoms with E-state index < -0.39 is 23.8 Å². The lowest BCUT2D eigenvalue weighted by Gasteiger charge is -2.30. The van der Waals surface area contributed by atoms with Crippen LogP contribution in [0.15, 0.2) is 66.9 Å². The summed E-state index contributed by atoms with van der Waals surface area (Å²) in [5, 5.41) is 29.0. The molecule has 2 aliphatic rings. The van der Waals surface area contributed by atoms with Crippen LogP contribution < -0.4 is 21.3 Å². The zero-order chi connectivity index (χ0) is 40.7. The van der Waals surface area contributed by atoms with E-state index >= 15 is 0 Å². The molecular formula is C43H53N7O7. The van der Waals surface area contributed by atoms with Gasteiger partial charge in [-0.25, -0.2) is 9.59 Å². The maximum atomic E-state index is 13.8. The average Bonchev–Trinajstić information content (AvgIpc) is 3.65. The number of fused-ring (bicyclic) bond motifs is 1. The van der Waals surface area contributed by atoms with Crippen LogP contribution in [0, 0.1) is 18.8 Å². The van der Waals surface area contributed by atoms with Crippen molar-refractivity contribution in [1.82, 2.24) is 31.0 Å². The Kier molecular flexibility index (Phi) is 12.8. The second-order valence-corrected chi connectivity index (χ2v) is 16.3. The van der Waals surface area contributed by atoms with Crippen molar-refractivity contribution < 1.29 is 33.8 Å². The van der Waals surface area contributed by atoms with E-state index in [0.717, 1.165) is 46.0 Å². The van der Waals surface area contributed by atoms with E-state index in [2.05, 4.69) is 31.5 Å². The number of alkyl carbamates (subject to hydrolysis) is 1. The van der Waals surface area contributed by atoms with Gasteiger partial charge in [-0.3, -0.25) is 19.5 Å². The summed E-state index contributed by atoms with van der Waals surface area (Å²) in [6.45, 7) is 8.70. The molecule has 57 heavy (non-hydrogen) atoms. The normalized spacial score (nSPS) is 18.0. The number of aromatic nitrogens is 2. The first-order valence-corrected chi connectivity index (χ1v) is 19.7. The first kappa shape index (κ1) is 40.7. The van der Waals surface area contributed by atoms with Gasteiger partial charge in [-0.15, -0.1) is 0 Å². The smallest absolute Gasteiger partial charge is 0.407 e. The van der Waals surface area contributed by atoms with Crippen LogP contribution in [0.1, 0.15) is 80.8 Å². The highest BCUT2D eigenvalue weighted by molar-refractivity contribution is 5.99. The first-order chi connectivity index (χ1) is 27.2. The Balaban J connectivity index is 1.09. The fourth-order valence-electron chi connectivity index (χ4n) is 7.58. The summed E-state index contributed by atoms with van der Waals surface area (Å²) in [6.07, 6.45) is 4.59. The quantitative estimate of drug-likeness (QED) is 0.101. The standard InChI is InChI=1S/C43H53N7O7/c1-26-21-31(39(52)46-33-17-19-50(20-18-33)42(55)56)14-16-35(26)29-9-5-27(6-10-29)22-37(40(53)47-34-15-13-32-25-45-49-36(32)23-34)48-38(51)30-11-7-28(8-12-30)24-44-41(54)57-43(2,3)4/h5-6,9-10,13-16,21,23,25,28,30,33,37H,7-8,11-12,17-20,22,24H2,1-4H3,(H,44,54)(H,45,49)(H,46,52)(H,47,53)(H,48,51)(H,55,56)/t28?,30?,37-/m0/s1.